The summed E-state index contributed by atoms with van der Waals surface area (Å²) in [6.45, 7) is 6.06. The Morgan fingerprint density at radius 3 is 2.36 bits per heavy atom. The number of benzene rings is 1. The molecule has 2 rings (SSSR count). The van der Waals surface area contributed by atoms with Gasteiger partial charge in [0.2, 0.25) is 0 Å². The van der Waals surface area contributed by atoms with E-state index >= 15 is 0 Å². The van der Waals surface area contributed by atoms with Gasteiger partial charge in [0.1, 0.15) is 5.75 Å². The fourth-order valence-corrected chi connectivity index (χ4v) is 4.50. The first-order chi connectivity index (χ1) is 16.0. The molecule has 1 aromatic carbocycles. The maximum Gasteiger partial charge on any atom is 0.333 e. The first-order valence-electron chi connectivity index (χ1n) is 12.9. The summed E-state index contributed by atoms with van der Waals surface area (Å²) < 4.78 is 11.1. The zero-order valence-electron chi connectivity index (χ0n) is 20.6. The van der Waals surface area contributed by atoms with Gasteiger partial charge in [-0.3, -0.25) is 4.79 Å². The molecule has 186 valence electrons. The van der Waals surface area contributed by atoms with Crippen molar-refractivity contribution >= 4 is 11.9 Å². The monoisotopic (exact) mass is 461 g/mol. The van der Waals surface area contributed by atoms with Crippen LogP contribution in [-0.4, -0.2) is 54.3 Å². The summed E-state index contributed by atoms with van der Waals surface area (Å²) >= 11 is 0. The van der Waals surface area contributed by atoms with E-state index in [1.54, 1.807) is 19.1 Å². The van der Waals surface area contributed by atoms with Crippen LogP contribution in [0.3, 0.4) is 0 Å². The molecule has 0 radical (unpaired) electrons. The van der Waals surface area contributed by atoms with Gasteiger partial charge in [0, 0.05) is 26.1 Å². The average molecular weight is 462 g/mol. The second-order valence-corrected chi connectivity index (χ2v) is 9.18. The molecule has 1 aliphatic carbocycles. The van der Waals surface area contributed by atoms with Crippen molar-refractivity contribution in [2.75, 3.05) is 26.3 Å². The zero-order chi connectivity index (χ0) is 23.9. The van der Waals surface area contributed by atoms with Crippen molar-refractivity contribution in [2.24, 2.45) is 5.92 Å². The van der Waals surface area contributed by atoms with Crippen LogP contribution in [0.25, 0.3) is 0 Å². The molecule has 1 amide bonds. The van der Waals surface area contributed by atoms with Gasteiger partial charge in [0.05, 0.1) is 0 Å². The van der Waals surface area contributed by atoms with E-state index in [9.17, 15) is 14.7 Å². The van der Waals surface area contributed by atoms with E-state index in [4.69, 9.17) is 9.47 Å². The number of aliphatic carboxylic acids is 1. The quantitative estimate of drug-likeness (QED) is 0.330. The van der Waals surface area contributed by atoms with Gasteiger partial charge in [-0.1, -0.05) is 64.0 Å². The van der Waals surface area contributed by atoms with Crippen LogP contribution in [0.4, 0.5) is 0 Å². The molecule has 1 fully saturated rings. The number of carboxylic acids is 1. The third kappa shape index (κ3) is 10.6. The van der Waals surface area contributed by atoms with Crippen LogP contribution in [0.5, 0.6) is 5.75 Å². The highest BCUT2D eigenvalue weighted by molar-refractivity contribution is 5.77. The lowest BCUT2D eigenvalue weighted by atomic mass is 9.89. The first-order valence-corrected chi connectivity index (χ1v) is 12.9. The lowest BCUT2D eigenvalue weighted by Crippen LogP contribution is -2.39. The largest absolute Gasteiger partial charge is 0.484 e. The van der Waals surface area contributed by atoms with Gasteiger partial charge < -0.3 is 19.5 Å². The molecule has 1 atom stereocenters. The smallest absolute Gasteiger partial charge is 0.333 e. The van der Waals surface area contributed by atoms with Crippen molar-refractivity contribution in [3.05, 3.63) is 29.8 Å². The molecule has 6 heteroatoms. The molecule has 0 spiro atoms. The summed E-state index contributed by atoms with van der Waals surface area (Å²) in [7, 11) is 0. The van der Waals surface area contributed by atoms with Crippen LogP contribution >= 0.6 is 0 Å². The number of ether oxygens (including phenoxy) is 2. The number of carbonyl (C=O) groups excluding carboxylic acids is 1. The number of nitrogens with zero attached hydrogens (tertiary/aromatic N) is 1. The Morgan fingerprint density at radius 1 is 1.03 bits per heavy atom. The van der Waals surface area contributed by atoms with E-state index in [0.29, 0.717) is 24.7 Å². The second kappa shape index (κ2) is 15.7. The summed E-state index contributed by atoms with van der Waals surface area (Å²) in [5.74, 6) is 0.332. The fraction of sp³-hybridized carbons (Fsp3) is 0.704. The van der Waals surface area contributed by atoms with E-state index < -0.39 is 12.1 Å². The molecule has 0 aromatic heterocycles. The number of amides is 1. The highest BCUT2D eigenvalue weighted by atomic mass is 16.5. The topological polar surface area (TPSA) is 76.1 Å². The van der Waals surface area contributed by atoms with Crippen LogP contribution in [0.2, 0.25) is 0 Å². The van der Waals surface area contributed by atoms with E-state index in [0.717, 1.165) is 25.1 Å². The summed E-state index contributed by atoms with van der Waals surface area (Å²) in [6.07, 6.45) is 11.7. The minimum Gasteiger partial charge on any atom is -0.484 e. The Morgan fingerprint density at radius 2 is 1.73 bits per heavy atom. The molecule has 33 heavy (non-hydrogen) atoms. The van der Waals surface area contributed by atoms with E-state index in [-0.39, 0.29) is 12.5 Å². The molecule has 0 aliphatic heterocycles. The Labute approximate surface area is 199 Å². The number of carbonyl (C=O) groups is 2. The average Bonchev–Trinajstić information content (AvgIpc) is 2.82. The van der Waals surface area contributed by atoms with Crippen molar-refractivity contribution in [2.45, 2.75) is 90.6 Å². The predicted molar refractivity (Wildman–Crippen MR) is 131 cm³/mol. The number of hydrogen-bond acceptors (Lipinski definition) is 4. The van der Waals surface area contributed by atoms with Crippen molar-refractivity contribution in [1.29, 1.82) is 0 Å². The fourth-order valence-electron chi connectivity index (χ4n) is 4.50. The summed E-state index contributed by atoms with van der Waals surface area (Å²) in [5, 5.41) is 9.25. The molecular formula is C27H43NO5. The molecule has 1 aliphatic rings. The Balaban J connectivity index is 1.86. The van der Waals surface area contributed by atoms with Crippen molar-refractivity contribution < 1.29 is 24.2 Å². The summed E-state index contributed by atoms with van der Waals surface area (Å²) in [5.41, 5.74) is 0.862. The molecule has 1 N–H and O–H groups in total. The third-order valence-electron chi connectivity index (χ3n) is 6.44. The predicted octanol–water partition coefficient (Wildman–Crippen LogP) is 5.48. The Hall–Kier alpha value is -2.08. The molecule has 0 heterocycles. The van der Waals surface area contributed by atoms with E-state index in [1.807, 2.05) is 17.0 Å². The molecule has 1 aromatic rings. The van der Waals surface area contributed by atoms with E-state index in [2.05, 4.69) is 6.92 Å². The molecule has 0 unspecified atom stereocenters. The van der Waals surface area contributed by atoms with Crippen LogP contribution in [-0.2, 0) is 20.7 Å². The number of unbranched alkanes of at least 4 members (excludes halogenated alkanes) is 4. The standard InChI is InChI=1S/C27H43NO5/c1-3-5-6-7-11-18-28(20-23-12-9-8-10-13-23)26(29)21-33-24-16-14-22(15-17-24)19-25(27(30)31)32-4-2/h14-17,23,25H,3-13,18-21H2,1-2H3,(H,30,31)/t25-/m0/s1. The van der Waals surface area contributed by atoms with Crippen LogP contribution in [0, 0.1) is 5.92 Å². The lowest BCUT2D eigenvalue weighted by molar-refractivity contribution is -0.150. The van der Waals surface area contributed by atoms with Gasteiger partial charge in [-0.25, -0.2) is 4.79 Å². The molecule has 0 bridgehead atoms. The highest BCUT2D eigenvalue weighted by Crippen LogP contribution is 2.25. The Bertz CT molecular complexity index is 684. The van der Waals surface area contributed by atoms with Gasteiger partial charge in [0.15, 0.2) is 12.7 Å². The van der Waals surface area contributed by atoms with Gasteiger partial charge >= 0.3 is 5.97 Å². The van der Waals surface area contributed by atoms with Gasteiger partial charge in [0.25, 0.3) is 5.91 Å². The van der Waals surface area contributed by atoms with Gasteiger partial charge in [-0.2, -0.15) is 0 Å². The van der Waals surface area contributed by atoms with Gasteiger partial charge in [-0.15, -0.1) is 0 Å². The number of rotatable bonds is 16. The Kier molecular flexibility index (Phi) is 12.9. The van der Waals surface area contributed by atoms with Crippen molar-refractivity contribution in [1.82, 2.24) is 4.90 Å². The van der Waals surface area contributed by atoms with Crippen LogP contribution < -0.4 is 4.74 Å². The molecule has 6 nitrogen and oxygen atoms in total. The third-order valence-corrected chi connectivity index (χ3v) is 6.44. The SMILES string of the molecule is CCCCCCCN(CC1CCCCC1)C(=O)COc1ccc(C[C@H](OCC)C(=O)O)cc1. The molecular weight excluding hydrogens is 418 g/mol. The molecule has 0 saturated heterocycles. The normalized spacial score (nSPS) is 15.2. The number of hydrogen-bond donors (Lipinski definition) is 1. The minimum atomic E-state index is -0.962. The summed E-state index contributed by atoms with van der Waals surface area (Å²) in [4.78, 5) is 26.3. The van der Waals surface area contributed by atoms with Crippen LogP contribution in [0.15, 0.2) is 24.3 Å². The maximum atomic E-state index is 13.0. The van der Waals surface area contributed by atoms with Crippen LogP contribution in [0.1, 0.15) is 83.6 Å². The first kappa shape index (κ1) is 27.2. The van der Waals surface area contributed by atoms with Crippen molar-refractivity contribution in [3.63, 3.8) is 0 Å². The molecule has 1 saturated carbocycles. The van der Waals surface area contributed by atoms with Crippen molar-refractivity contribution in [3.8, 4) is 5.75 Å². The maximum absolute atomic E-state index is 13.0. The highest BCUT2D eigenvalue weighted by Gasteiger charge is 2.21. The van der Waals surface area contributed by atoms with Gasteiger partial charge in [-0.05, 0) is 49.8 Å². The minimum absolute atomic E-state index is 0.0394. The van der Waals surface area contributed by atoms with E-state index in [1.165, 1.54) is 57.8 Å². The lowest BCUT2D eigenvalue weighted by Gasteiger charge is -2.30. The second-order valence-electron chi connectivity index (χ2n) is 9.18. The summed E-state index contributed by atoms with van der Waals surface area (Å²) in [6, 6.07) is 7.26. The zero-order valence-corrected chi connectivity index (χ0v) is 20.6. The number of carboxylic acid groups (broad SMARTS) is 1.